The van der Waals surface area contributed by atoms with E-state index in [0.29, 0.717) is 0 Å². The van der Waals surface area contributed by atoms with Crippen LogP contribution in [0.25, 0.3) is 0 Å². The van der Waals surface area contributed by atoms with Crippen molar-refractivity contribution in [2.45, 2.75) is 38.8 Å². The summed E-state index contributed by atoms with van der Waals surface area (Å²) in [5.74, 6) is -2.17. The number of rotatable bonds is 4. The summed E-state index contributed by atoms with van der Waals surface area (Å²) >= 11 is 0. The van der Waals surface area contributed by atoms with Gasteiger partial charge < -0.3 is 15.2 Å². The summed E-state index contributed by atoms with van der Waals surface area (Å²) in [4.78, 5) is 45.5. The topological polar surface area (TPSA) is 110 Å². The maximum atomic E-state index is 11.6. The zero-order valence-electron chi connectivity index (χ0n) is 12.0. The number of hydrogen-bond acceptors (Lipinski definition) is 5. The Morgan fingerprint density at radius 1 is 1.29 bits per heavy atom. The second-order valence-electron chi connectivity index (χ2n) is 5.51. The third-order valence-electron chi connectivity index (χ3n) is 2.45. The molecule has 7 heteroatoms. The summed E-state index contributed by atoms with van der Waals surface area (Å²) in [7, 11) is 0. The lowest BCUT2D eigenvalue weighted by Crippen LogP contribution is -2.44. The molecule has 0 aromatic rings. The van der Waals surface area contributed by atoms with E-state index in [4.69, 9.17) is 9.84 Å². The number of carbonyl (C=O) groups excluding carboxylic acids is 3. The molecule has 0 heterocycles. The molecule has 0 saturated carbocycles. The first-order chi connectivity index (χ1) is 9.58. The molecule has 7 nitrogen and oxygen atoms in total. The van der Waals surface area contributed by atoms with Crippen LogP contribution in [0.1, 0.15) is 27.2 Å². The number of allylic oxidation sites excluding steroid dienone is 3. The summed E-state index contributed by atoms with van der Waals surface area (Å²) in [5, 5.41) is 11.3. The van der Waals surface area contributed by atoms with Crippen LogP contribution in [0.15, 0.2) is 23.8 Å². The van der Waals surface area contributed by atoms with Crippen molar-refractivity contribution in [3.8, 4) is 0 Å². The maximum Gasteiger partial charge on any atom is 0.408 e. The third-order valence-corrected chi connectivity index (χ3v) is 2.45. The van der Waals surface area contributed by atoms with Gasteiger partial charge in [-0.05, 0) is 39.0 Å². The van der Waals surface area contributed by atoms with Crippen molar-refractivity contribution < 1.29 is 29.0 Å². The van der Waals surface area contributed by atoms with Gasteiger partial charge in [0.25, 0.3) is 0 Å². The number of amides is 1. The highest BCUT2D eigenvalue weighted by atomic mass is 16.6. The number of aliphatic carboxylic acids is 1. The van der Waals surface area contributed by atoms with Gasteiger partial charge in [0.1, 0.15) is 11.6 Å². The van der Waals surface area contributed by atoms with E-state index in [-0.39, 0.29) is 12.0 Å². The Morgan fingerprint density at radius 2 is 1.90 bits per heavy atom. The highest BCUT2D eigenvalue weighted by molar-refractivity contribution is 6.17. The van der Waals surface area contributed by atoms with E-state index in [1.807, 2.05) is 0 Å². The van der Waals surface area contributed by atoms with E-state index in [1.165, 1.54) is 0 Å². The van der Waals surface area contributed by atoms with Crippen molar-refractivity contribution >= 4 is 23.6 Å². The Kier molecular flexibility index (Phi) is 5.02. The van der Waals surface area contributed by atoms with Gasteiger partial charge >= 0.3 is 12.1 Å². The van der Waals surface area contributed by atoms with Crippen LogP contribution < -0.4 is 5.32 Å². The van der Waals surface area contributed by atoms with Crippen LogP contribution >= 0.6 is 0 Å². The largest absolute Gasteiger partial charge is 0.480 e. The van der Waals surface area contributed by atoms with Crippen LogP contribution in [0.5, 0.6) is 0 Å². The molecule has 0 aromatic carbocycles. The van der Waals surface area contributed by atoms with E-state index in [2.05, 4.69) is 5.32 Å². The lowest BCUT2D eigenvalue weighted by Gasteiger charge is -2.22. The molecule has 0 spiro atoms. The van der Waals surface area contributed by atoms with E-state index in [9.17, 15) is 19.2 Å². The number of carbonyl (C=O) groups is 4. The van der Waals surface area contributed by atoms with Crippen LogP contribution in [0.2, 0.25) is 0 Å². The minimum Gasteiger partial charge on any atom is -0.480 e. The number of ether oxygens (including phenoxy) is 1. The molecule has 0 bridgehead atoms. The quantitative estimate of drug-likeness (QED) is 0.748. The predicted molar refractivity (Wildman–Crippen MR) is 72.6 cm³/mol. The van der Waals surface area contributed by atoms with Gasteiger partial charge in [0.15, 0.2) is 11.6 Å². The number of carboxylic acids is 1. The summed E-state index contributed by atoms with van der Waals surface area (Å²) in [6, 6.07) is -1.35. The van der Waals surface area contributed by atoms with Gasteiger partial charge in [-0.25, -0.2) is 9.59 Å². The Labute approximate surface area is 121 Å². The molecule has 0 aliphatic heterocycles. The van der Waals surface area contributed by atoms with E-state index >= 15 is 0 Å². The fraction of sp³-hybridized carbons (Fsp3) is 0.429. The van der Waals surface area contributed by atoms with Crippen LogP contribution in [0.4, 0.5) is 4.79 Å². The van der Waals surface area contributed by atoms with E-state index < -0.39 is 35.3 Å². The Bertz CT molecular complexity index is 538. The molecule has 1 amide bonds. The van der Waals surface area contributed by atoms with Crippen molar-refractivity contribution in [2.75, 3.05) is 0 Å². The minimum atomic E-state index is -1.35. The lowest BCUT2D eigenvalue weighted by atomic mass is 9.97. The molecule has 0 aromatic heterocycles. The second kappa shape index (κ2) is 6.34. The minimum absolute atomic E-state index is 0.0333. The van der Waals surface area contributed by atoms with Gasteiger partial charge in [-0.15, -0.1) is 0 Å². The summed E-state index contributed by atoms with van der Waals surface area (Å²) in [5.41, 5.74) is -0.739. The van der Waals surface area contributed by atoms with Crippen molar-refractivity contribution in [1.82, 2.24) is 5.32 Å². The van der Waals surface area contributed by atoms with Crippen LogP contribution in [-0.2, 0) is 19.1 Å². The SMILES string of the molecule is CC(C)(C)OC(=O)N[C@@H](CC1=CC(=O)C=CC1=O)C(=O)O. The first kappa shape index (κ1) is 16.6. The molecule has 114 valence electrons. The van der Waals surface area contributed by atoms with Crippen LogP contribution in [-0.4, -0.2) is 40.4 Å². The molecule has 21 heavy (non-hydrogen) atoms. The monoisotopic (exact) mass is 295 g/mol. The molecule has 1 aliphatic carbocycles. The molecule has 1 aliphatic rings. The Balaban J connectivity index is 2.75. The molecule has 1 rings (SSSR count). The number of hydrogen-bond donors (Lipinski definition) is 2. The van der Waals surface area contributed by atoms with Gasteiger partial charge in [0.05, 0.1) is 0 Å². The van der Waals surface area contributed by atoms with E-state index in [1.54, 1.807) is 20.8 Å². The smallest absolute Gasteiger partial charge is 0.408 e. The van der Waals surface area contributed by atoms with Gasteiger partial charge in [0, 0.05) is 12.0 Å². The van der Waals surface area contributed by atoms with Crippen molar-refractivity contribution in [1.29, 1.82) is 0 Å². The zero-order valence-corrected chi connectivity index (χ0v) is 12.0. The predicted octanol–water partition coefficient (Wildman–Crippen LogP) is 0.989. The van der Waals surface area contributed by atoms with Gasteiger partial charge in [-0.1, -0.05) is 0 Å². The number of alkyl carbamates (subject to hydrolysis) is 1. The molecule has 2 N–H and O–H groups in total. The normalized spacial score (nSPS) is 16.2. The Morgan fingerprint density at radius 3 is 2.43 bits per heavy atom. The van der Waals surface area contributed by atoms with Crippen molar-refractivity contribution in [2.24, 2.45) is 0 Å². The fourth-order valence-corrected chi connectivity index (χ4v) is 1.59. The standard InChI is InChI=1S/C14H17NO6/c1-14(2,3)21-13(20)15-10(12(18)19)7-8-6-9(16)4-5-11(8)17/h4-6,10H,7H2,1-3H3,(H,15,20)(H,18,19)/t10-/m0/s1. The van der Waals surface area contributed by atoms with Crippen LogP contribution in [0.3, 0.4) is 0 Å². The molecular weight excluding hydrogens is 278 g/mol. The maximum absolute atomic E-state index is 11.6. The second-order valence-corrected chi connectivity index (χ2v) is 5.51. The Hall–Kier alpha value is -2.44. The fourth-order valence-electron chi connectivity index (χ4n) is 1.59. The lowest BCUT2D eigenvalue weighted by molar-refractivity contribution is -0.139. The summed E-state index contributed by atoms with van der Waals surface area (Å²) in [6.07, 6.45) is 2.05. The molecule has 0 fully saturated rings. The highest BCUT2D eigenvalue weighted by Gasteiger charge is 2.27. The molecular formula is C14H17NO6. The zero-order chi connectivity index (χ0) is 16.2. The average Bonchev–Trinajstić information content (AvgIpc) is 2.30. The molecule has 1 atom stereocenters. The summed E-state index contributed by atoms with van der Waals surface area (Å²) < 4.78 is 4.96. The average molecular weight is 295 g/mol. The van der Waals surface area contributed by atoms with Gasteiger partial charge in [0.2, 0.25) is 0 Å². The number of nitrogens with one attached hydrogen (secondary N) is 1. The third kappa shape index (κ3) is 5.60. The van der Waals surface area contributed by atoms with Gasteiger partial charge in [-0.2, -0.15) is 0 Å². The number of ketones is 2. The molecule has 0 radical (unpaired) electrons. The summed E-state index contributed by atoms with van der Waals surface area (Å²) in [6.45, 7) is 4.91. The number of carboxylic acid groups (broad SMARTS) is 1. The highest BCUT2D eigenvalue weighted by Crippen LogP contribution is 2.13. The van der Waals surface area contributed by atoms with Crippen molar-refractivity contribution in [3.05, 3.63) is 23.8 Å². The van der Waals surface area contributed by atoms with E-state index in [0.717, 1.165) is 18.2 Å². The van der Waals surface area contributed by atoms with Gasteiger partial charge in [-0.3, -0.25) is 9.59 Å². The van der Waals surface area contributed by atoms with Crippen LogP contribution in [0, 0.1) is 0 Å². The van der Waals surface area contributed by atoms with Crippen molar-refractivity contribution in [3.63, 3.8) is 0 Å². The first-order valence-corrected chi connectivity index (χ1v) is 6.28. The first-order valence-electron chi connectivity index (χ1n) is 6.28. The molecule has 0 unspecified atom stereocenters. The molecule has 0 saturated heterocycles.